The van der Waals surface area contributed by atoms with Crippen LogP contribution >= 0.6 is 0 Å². The molecule has 2 aliphatic carbocycles. The SMILES string of the molecule is CC12CCC(C(=O)O)(/C(=N/NC(=O)c3ccco3)C1=O)C2(C)C. The van der Waals surface area contributed by atoms with E-state index in [1.807, 2.05) is 0 Å². The van der Waals surface area contributed by atoms with Crippen molar-refractivity contribution in [3.63, 3.8) is 0 Å². The van der Waals surface area contributed by atoms with E-state index >= 15 is 0 Å². The summed E-state index contributed by atoms with van der Waals surface area (Å²) in [4.78, 5) is 36.7. The van der Waals surface area contributed by atoms with Crippen LogP contribution in [0, 0.1) is 16.2 Å². The number of amides is 1. The lowest BCUT2D eigenvalue weighted by Gasteiger charge is -2.36. The van der Waals surface area contributed by atoms with E-state index in [1.54, 1.807) is 26.8 Å². The molecule has 2 fully saturated rings. The number of Topliss-reactive ketones (excluding diaryl/α,β-unsaturated/α-hetero) is 1. The van der Waals surface area contributed by atoms with Crippen LogP contribution in [0.1, 0.15) is 44.2 Å². The van der Waals surface area contributed by atoms with Gasteiger partial charge in [0.05, 0.1) is 6.26 Å². The molecule has 7 heteroatoms. The normalized spacial score (nSPS) is 33.2. The highest BCUT2D eigenvalue weighted by Gasteiger charge is 2.77. The van der Waals surface area contributed by atoms with Crippen LogP contribution in [-0.2, 0) is 9.59 Å². The minimum Gasteiger partial charge on any atom is -0.481 e. The highest BCUT2D eigenvalue weighted by Crippen LogP contribution is 2.69. The molecule has 2 bridgehead atoms. The standard InChI is InChI=1S/C16H18N2O5/c1-14(2)15(3)6-7-16(14,13(21)22)10(11(15)19)17-18-12(20)9-5-4-8-23-9/h4-5,8H,6-7H2,1-3H3,(H,18,20)(H,21,22)/b17-10+. The van der Waals surface area contributed by atoms with E-state index in [4.69, 9.17) is 4.42 Å². The number of nitrogens with one attached hydrogen (secondary N) is 1. The van der Waals surface area contributed by atoms with Gasteiger partial charge in [0.15, 0.2) is 11.5 Å². The maximum absolute atomic E-state index is 12.7. The Labute approximate surface area is 132 Å². The van der Waals surface area contributed by atoms with Crippen molar-refractivity contribution in [1.82, 2.24) is 5.43 Å². The topological polar surface area (TPSA) is 109 Å². The second-order valence-corrected chi connectivity index (χ2v) is 6.88. The molecule has 1 aromatic rings. The zero-order chi connectivity index (χ0) is 17.0. The highest BCUT2D eigenvalue weighted by atomic mass is 16.4. The van der Waals surface area contributed by atoms with Gasteiger partial charge in [0.1, 0.15) is 11.1 Å². The first-order chi connectivity index (χ1) is 10.7. The van der Waals surface area contributed by atoms with Crippen LogP contribution in [0.25, 0.3) is 0 Å². The summed E-state index contributed by atoms with van der Waals surface area (Å²) in [6.45, 7) is 5.34. The van der Waals surface area contributed by atoms with E-state index in [-0.39, 0.29) is 17.3 Å². The summed E-state index contributed by atoms with van der Waals surface area (Å²) in [5.41, 5.74) is -0.784. The molecule has 3 rings (SSSR count). The molecule has 2 unspecified atom stereocenters. The maximum Gasteiger partial charge on any atom is 0.316 e. The minimum absolute atomic E-state index is 0.0415. The first kappa shape index (κ1) is 15.5. The van der Waals surface area contributed by atoms with Crippen molar-refractivity contribution in [2.24, 2.45) is 21.3 Å². The van der Waals surface area contributed by atoms with Gasteiger partial charge < -0.3 is 9.52 Å². The molecule has 2 atom stereocenters. The molecule has 7 nitrogen and oxygen atoms in total. The van der Waals surface area contributed by atoms with Crippen LogP contribution in [0.15, 0.2) is 27.9 Å². The number of rotatable bonds is 3. The van der Waals surface area contributed by atoms with Crippen molar-refractivity contribution in [3.8, 4) is 0 Å². The Morgan fingerprint density at radius 1 is 1.30 bits per heavy atom. The second kappa shape index (κ2) is 4.53. The van der Waals surface area contributed by atoms with Gasteiger partial charge in [0.25, 0.3) is 0 Å². The third-order valence-electron chi connectivity index (χ3n) is 5.95. The van der Waals surface area contributed by atoms with Crippen LogP contribution < -0.4 is 5.43 Å². The summed E-state index contributed by atoms with van der Waals surface area (Å²) >= 11 is 0. The third kappa shape index (κ3) is 1.64. The van der Waals surface area contributed by atoms with E-state index < -0.39 is 28.1 Å². The van der Waals surface area contributed by atoms with Gasteiger partial charge in [-0.2, -0.15) is 5.10 Å². The lowest BCUT2D eigenvalue weighted by molar-refractivity contribution is -0.149. The molecule has 1 amide bonds. The number of hydrazone groups is 1. The number of carbonyl (C=O) groups excluding carboxylic acids is 2. The van der Waals surface area contributed by atoms with Crippen molar-refractivity contribution in [1.29, 1.82) is 0 Å². The average molecular weight is 318 g/mol. The number of ketones is 1. The number of fused-ring (bicyclic) bond motifs is 2. The molecule has 0 spiro atoms. The summed E-state index contributed by atoms with van der Waals surface area (Å²) in [5, 5.41) is 13.7. The summed E-state index contributed by atoms with van der Waals surface area (Å²) in [6.07, 6.45) is 2.16. The Balaban J connectivity index is 2.02. The van der Waals surface area contributed by atoms with Crippen LogP contribution in [0.3, 0.4) is 0 Å². The molecule has 2 aliphatic rings. The number of carboxylic acid groups (broad SMARTS) is 1. The maximum atomic E-state index is 12.7. The fraction of sp³-hybridized carbons (Fsp3) is 0.500. The molecule has 2 saturated carbocycles. The molecule has 23 heavy (non-hydrogen) atoms. The molecule has 1 aromatic heterocycles. The van der Waals surface area contributed by atoms with Crippen molar-refractivity contribution in [2.75, 3.05) is 0 Å². The summed E-state index contributed by atoms with van der Waals surface area (Å²) < 4.78 is 4.95. The molecule has 0 aliphatic heterocycles. The quantitative estimate of drug-likeness (QED) is 0.827. The predicted molar refractivity (Wildman–Crippen MR) is 79.8 cm³/mol. The number of nitrogens with zero attached hydrogens (tertiary/aromatic N) is 1. The number of carbonyl (C=O) groups is 3. The monoisotopic (exact) mass is 318 g/mol. The Bertz CT molecular complexity index is 734. The van der Waals surface area contributed by atoms with Gasteiger partial charge in [0, 0.05) is 5.41 Å². The van der Waals surface area contributed by atoms with Gasteiger partial charge in [-0.25, -0.2) is 5.43 Å². The average Bonchev–Trinajstić information content (AvgIpc) is 3.10. The molecule has 0 aromatic carbocycles. The van der Waals surface area contributed by atoms with Crippen molar-refractivity contribution in [2.45, 2.75) is 33.6 Å². The van der Waals surface area contributed by atoms with E-state index in [0.717, 1.165) is 0 Å². The fourth-order valence-electron chi connectivity index (χ4n) is 3.99. The molecule has 0 saturated heterocycles. The predicted octanol–water partition coefficient (Wildman–Crippen LogP) is 1.85. The molecule has 2 N–H and O–H groups in total. The summed E-state index contributed by atoms with van der Waals surface area (Å²) in [6, 6.07) is 3.00. The largest absolute Gasteiger partial charge is 0.481 e. The van der Waals surface area contributed by atoms with Crippen molar-refractivity contribution >= 4 is 23.4 Å². The van der Waals surface area contributed by atoms with Gasteiger partial charge in [-0.05, 0) is 30.4 Å². The number of hydrogen-bond donors (Lipinski definition) is 2. The zero-order valence-corrected chi connectivity index (χ0v) is 13.2. The smallest absolute Gasteiger partial charge is 0.316 e. The highest BCUT2D eigenvalue weighted by molar-refractivity contribution is 6.50. The molecule has 122 valence electrons. The van der Waals surface area contributed by atoms with Gasteiger partial charge in [-0.15, -0.1) is 0 Å². The van der Waals surface area contributed by atoms with Gasteiger partial charge in [0.2, 0.25) is 0 Å². The van der Waals surface area contributed by atoms with Crippen molar-refractivity contribution < 1.29 is 23.9 Å². The second-order valence-electron chi connectivity index (χ2n) is 6.88. The van der Waals surface area contributed by atoms with E-state index in [1.165, 1.54) is 12.3 Å². The van der Waals surface area contributed by atoms with Crippen molar-refractivity contribution in [3.05, 3.63) is 24.2 Å². The van der Waals surface area contributed by atoms with Gasteiger partial charge >= 0.3 is 11.9 Å². The Kier molecular flexibility index (Phi) is 3.05. The van der Waals surface area contributed by atoms with Crippen LogP contribution in [0.4, 0.5) is 0 Å². The molecule has 1 heterocycles. The van der Waals surface area contributed by atoms with Gasteiger partial charge in [-0.3, -0.25) is 14.4 Å². The van der Waals surface area contributed by atoms with Gasteiger partial charge in [-0.1, -0.05) is 20.8 Å². The van der Waals surface area contributed by atoms with Crippen LogP contribution in [0.5, 0.6) is 0 Å². The molecule has 0 radical (unpaired) electrons. The first-order valence-corrected chi connectivity index (χ1v) is 7.39. The van der Waals surface area contributed by atoms with E-state index in [2.05, 4.69) is 10.5 Å². The van der Waals surface area contributed by atoms with Crippen LogP contribution in [0.2, 0.25) is 0 Å². The Morgan fingerprint density at radius 2 is 2.00 bits per heavy atom. The summed E-state index contributed by atoms with van der Waals surface area (Å²) in [7, 11) is 0. The van der Waals surface area contributed by atoms with E-state index in [0.29, 0.717) is 12.8 Å². The Morgan fingerprint density at radius 3 is 2.57 bits per heavy atom. The number of hydrogen-bond acceptors (Lipinski definition) is 5. The molecular formula is C16H18N2O5. The minimum atomic E-state index is -1.38. The number of furan rings is 1. The fourth-order valence-corrected chi connectivity index (χ4v) is 3.99. The van der Waals surface area contributed by atoms with E-state index in [9.17, 15) is 19.5 Å². The zero-order valence-electron chi connectivity index (χ0n) is 13.2. The molecular weight excluding hydrogens is 300 g/mol. The number of aliphatic carboxylic acids is 1. The number of carboxylic acids is 1. The Hall–Kier alpha value is -2.44. The lowest BCUT2D eigenvalue weighted by Crippen LogP contribution is -2.45. The van der Waals surface area contributed by atoms with Crippen LogP contribution in [-0.4, -0.2) is 28.5 Å². The summed E-state index contributed by atoms with van der Waals surface area (Å²) in [5.74, 6) is -1.97. The first-order valence-electron chi connectivity index (χ1n) is 7.39. The third-order valence-corrected chi connectivity index (χ3v) is 5.95. The lowest BCUT2D eigenvalue weighted by atomic mass is 9.65.